The van der Waals surface area contributed by atoms with Gasteiger partial charge in [0.05, 0.1) is 10.6 Å². The van der Waals surface area contributed by atoms with Gasteiger partial charge in [0, 0.05) is 18.7 Å². The second kappa shape index (κ2) is 6.07. The third-order valence-electron chi connectivity index (χ3n) is 2.86. The van der Waals surface area contributed by atoms with Crippen LogP contribution in [0.4, 0.5) is 8.78 Å². The topological polar surface area (TPSA) is 87.5 Å². The molecule has 1 aromatic carbocycles. The second-order valence-electron chi connectivity index (χ2n) is 4.38. The lowest BCUT2D eigenvalue weighted by atomic mass is 10.0. The largest absolute Gasteiger partial charge is 0.478 e. The van der Waals surface area contributed by atoms with Crippen molar-refractivity contribution >= 4 is 23.5 Å². The van der Waals surface area contributed by atoms with Crippen LogP contribution >= 0.6 is 11.6 Å². The maximum atomic E-state index is 13.7. The number of pyridine rings is 1. The molecule has 0 aliphatic rings. The molecule has 5 nitrogen and oxygen atoms in total. The van der Waals surface area contributed by atoms with Crippen LogP contribution in [0, 0.1) is 11.6 Å². The predicted molar refractivity (Wildman–Crippen MR) is 72.3 cm³/mol. The summed E-state index contributed by atoms with van der Waals surface area (Å²) in [7, 11) is 0. The number of nitrogens with zero attached hydrogens (tertiary/aromatic N) is 1. The monoisotopic (exact) mass is 327 g/mol. The number of aromatic nitrogens is 1. The van der Waals surface area contributed by atoms with Gasteiger partial charge < -0.3 is 10.2 Å². The van der Waals surface area contributed by atoms with Crippen molar-refractivity contribution in [2.24, 2.45) is 0 Å². The Labute approximate surface area is 127 Å². The zero-order chi connectivity index (χ0) is 16.4. The van der Waals surface area contributed by atoms with Crippen molar-refractivity contribution in [1.82, 2.24) is 4.98 Å². The smallest absolute Gasteiger partial charge is 0.355 e. The number of hydrogen-bond donors (Lipinski definition) is 2. The Morgan fingerprint density at radius 2 is 1.77 bits per heavy atom. The average molecular weight is 328 g/mol. The van der Waals surface area contributed by atoms with Gasteiger partial charge in [0.15, 0.2) is 5.69 Å². The van der Waals surface area contributed by atoms with Crippen molar-refractivity contribution in [1.29, 1.82) is 0 Å². The lowest BCUT2D eigenvalue weighted by Gasteiger charge is -2.07. The number of hydrogen-bond acceptors (Lipinski definition) is 3. The first-order valence-electron chi connectivity index (χ1n) is 5.88. The van der Waals surface area contributed by atoms with E-state index in [1.807, 2.05) is 0 Å². The van der Waals surface area contributed by atoms with E-state index in [1.165, 1.54) is 0 Å². The number of carbonyl (C=O) groups is 2. The highest BCUT2D eigenvalue weighted by Crippen LogP contribution is 2.22. The summed E-state index contributed by atoms with van der Waals surface area (Å²) in [6, 6.07) is 2.78. The first kappa shape index (κ1) is 15.8. The highest BCUT2D eigenvalue weighted by molar-refractivity contribution is 6.30. The molecule has 0 amide bonds. The van der Waals surface area contributed by atoms with Crippen LogP contribution in [0.25, 0.3) is 0 Å². The van der Waals surface area contributed by atoms with Gasteiger partial charge in [0.2, 0.25) is 0 Å². The van der Waals surface area contributed by atoms with E-state index in [9.17, 15) is 18.4 Å². The standard InChI is InChI=1S/C14H8ClF2NO4/c15-9-3-7(10(16)4-11(9)17)1-6-2-8(13(19)20)12(14(21)22)18-5-6/h2-5H,1H2,(H,19,20)(H,21,22). The fourth-order valence-electron chi connectivity index (χ4n) is 1.86. The number of aromatic carboxylic acids is 2. The molecule has 0 atom stereocenters. The van der Waals surface area contributed by atoms with E-state index >= 15 is 0 Å². The van der Waals surface area contributed by atoms with E-state index < -0.39 is 34.8 Å². The second-order valence-corrected chi connectivity index (χ2v) is 4.79. The molecule has 22 heavy (non-hydrogen) atoms. The fraction of sp³-hybridized carbons (Fsp3) is 0.0714. The molecule has 0 radical (unpaired) electrons. The maximum Gasteiger partial charge on any atom is 0.355 e. The molecule has 2 rings (SSSR count). The summed E-state index contributed by atoms with van der Waals surface area (Å²) >= 11 is 5.57. The van der Waals surface area contributed by atoms with Crippen molar-refractivity contribution in [2.45, 2.75) is 6.42 Å². The fourth-order valence-corrected chi connectivity index (χ4v) is 2.04. The van der Waals surface area contributed by atoms with Crippen LogP contribution in [0.1, 0.15) is 32.0 Å². The average Bonchev–Trinajstić information content (AvgIpc) is 2.44. The highest BCUT2D eigenvalue weighted by atomic mass is 35.5. The SMILES string of the molecule is O=C(O)c1cc(Cc2cc(Cl)c(F)cc2F)cnc1C(=O)O. The summed E-state index contributed by atoms with van der Waals surface area (Å²) in [6.45, 7) is 0. The van der Waals surface area contributed by atoms with Gasteiger partial charge in [-0.05, 0) is 23.3 Å². The Morgan fingerprint density at radius 1 is 1.09 bits per heavy atom. The van der Waals surface area contributed by atoms with E-state index in [4.69, 9.17) is 21.8 Å². The lowest BCUT2D eigenvalue weighted by molar-refractivity contribution is 0.0646. The molecule has 1 aromatic heterocycles. The summed E-state index contributed by atoms with van der Waals surface area (Å²) in [5.74, 6) is -4.71. The van der Waals surface area contributed by atoms with Crippen LogP contribution in [0.3, 0.4) is 0 Å². The minimum Gasteiger partial charge on any atom is -0.478 e. The van der Waals surface area contributed by atoms with Gasteiger partial charge in [-0.1, -0.05) is 11.6 Å². The van der Waals surface area contributed by atoms with Gasteiger partial charge in [-0.2, -0.15) is 0 Å². The Balaban J connectivity index is 2.43. The molecule has 1 heterocycles. The zero-order valence-corrected chi connectivity index (χ0v) is 11.6. The van der Waals surface area contributed by atoms with Gasteiger partial charge in [-0.15, -0.1) is 0 Å². The molecule has 0 saturated heterocycles. The van der Waals surface area contributed by atoms with Gasteiger partial charge in [-0.25, -0.2) is 23.4 Å². The first-order chi connectivity index (χ1) is 10.3. The maximum absolute atomic E-state index is 13.7. The van der Waals surface area contributed by atoms with Crippen molar-refractivity contribution < 1.29 is 28.6 Å². The molecule has 2 N–H and O–H groups in total. The minimum absolute atomic E-state index is 0.0348. The molecule has 114 valence electrons. The van der Waals surface area contributed by atoms with Gasteiger partial charge in [0.1, 0.15) is 11.6 Å². The molecule has 0 aliphatic carbocycles. The number of benzene rings is 1. The van der Waals surface area contributed by atoms with Crippen LogP contribution in [0.2, 0.25) is 5.02 Å². The van der Waals surface area contributed by atoms with Crippen LogP contribution in [0.5, 0.6) is 0 Å². The molecular formula is C14H8ClF2NO4. The molecule has 0 fully saturated rings. The Bertz CT molecular complexity index is 780. The number of rotatable bonds is 4. The number of halogens is 3. The van der Waals surface area contributed by atoms with Crippen LogP contribution in [0.15, 0.2) is 24.4 Å². The normalized spacial score (nSPS) is 10.5. The van der Waals surface area contributed by atoms with Crippen molar-refractivity contribution in [3.63, 3.8) is 0 Å². The van der Waals surface area contributed by atoms with E-state index in [-0.39, 0.29) is 22.6 Å². The third-order valence-corrected chi connectivity index (χ3v) is 3.15. The van der Waals surface area contributed by atoms with E-state index in [2.05, 4.69) is 4.98 Å². The Morgan fingerprint density at radius 3 is 2.36 bits per heavy atom. The summed E-state index contributed by atoms with van der Waals surface area (Å²) in [5.41, 5.74) is -0.843. The van der Waals surface area contributed by atoms with Crippen molar-refractivity contribution in [2.75, 3.05) is 0 Å². The molecule has 8 heteroatoms. The molecule has 0 unspecified atom stereocenters. The summed E-state index contributed by atoms with van der Waals surface area (Å²) < 4.78 is 26.7. The minimum atomic E-state index is -1.49. The van der Waals surface area contributed by atoms with E-state index in [0.717, 1.165) is 18.3 Å². The van der Waals surface area contributed by atoms with E-state index in [1.54, 1.807) is 0 Å². The molecule has 0 saturated carbocycles. The van der Waals surface area contributed by atoms with Gasteiger partial charge in [0.25, 0.3) is 0 Å². The summed E-state index contributed by atoms with van der Waals surface area (Å²) in [5, 5.41) is 17.6. The molecule has 0 aliphatic heterocycles. The summed E-state index contributed by atoms with van der Waals surface area (Å²) in [6.07, 6.45) is 1.01. The molecule has 2 aromatic rings. The molecular weight excluding hydrogens is 320 g/mol. The van der Waals surface area contributed by atoms with E-state index in [0.29, 0.717) is 6.07 Å². The van der Waals surface area contributed by atoms with Crippen molar-refractivity contribution in [3.8, 4) is 0 Å². The van der Waals surface area contributed by atoms with Crippen LogP contribution in [-0.2, 0) is 6.42 Å². The third kappa shape index (κ3) is 3.20. The van der Waals surface area contributed by atoms with Crippen LogP contribution in [-0.4, -0.2) is 27.1 Å². The van der Waals surface area contributed by atoms with Crippen LogP contribution < -0.4 is 0 Å². The molecule has 0 bridgehead atoms. The first-order valence-corrected chi connectivity index (χ1v) is 6.26. The van der Waals surface area contributed by atoms with Gasteiger partial charge in [-0.3, -0.25) is 0 Å². The van der Waals surface area contributed by atoms with Crippen molar-refractivity contribution in [3.05, 3.63) is 63.4 Å². The highest BCUT2D eigenvalue weighted by Gasteiger charge is 2.19. The quantitative estimate of drug-likeness (QED) is 0.843. The summed E-state index contributed by atoms with van der Waals surface area (Å²) in [4.78, 5) is 25.5. The Kier molecular flexibility index (Phi) is 4.37. The Hall–Kier alpha value is -2.54. The number of carboxylic acid groups (broad SMARTS) is 2. The lowest BCUT2D eigenvalue weighted by Crippen LogP contribution is -2.11. The van der Waals surface area contributed by atoms with Gasteiger partial charge >= 0.3 is 11.9 Å². The number of carboxylic acids is 2. The molecule has 0 spiro atoms. The zero-order valence-electron chi connectivity index (χ0n) is 10.8. The predicted octanol–water partition coefficient (Wildman–Crippen LogP) is 3.00.